The van der Waals surface area contributed by atoms with Crippen LogP contribution in [-0.4, -0.2) is 55.4 Å². The molecule has 0 spiro atoms. The van der Waals surface area contributed by atoms with Gasteiger partial charge in [-0.1, -0.05) is 12.1 Å². The molecular formula is C19H26N4O4S. The fraction of sp³-hybridized carbons (Fsp3) is 0.474. The van der Waals surface area contributed by atoms with E-state index in [0.29, 0.717) is 24.5 Å². The van der Waals surface area contributed by atoms with Gasteiger partial charge in [-0.3, -0.25) is 14.6 Å². The summed E-state index contributed by atoms with van der Waals surface area (Å²) in [7, 11) is -3.40. The number of piperidine rings is 1. The van der Waals surface area contributed by atoms with Gasteiger partial charge in [0.25, 0.3) is 5.91 Å². The molecule has 1 aromatic heterocycles. The molecule has 0 radical (unpaired) electrons. The van der Waals surface area contributed by atoms with Gasteiger partial charge in [-0.15, -0.1) is 0 Å². The zero-order chi connectivity index (χ0) is 20.3. The molecule has 3 rings (SSSR count). The molecular weight excluding hydrogens is 380 g/mol. The minimum Gasteiger partial charge on any atom is -0.483 e. The van der Waals surface area contributed by atoms with Gasteiger partial charge in [-0.05, 0) is 43.9 Å². The van der Waals surface area contributed by atoms with Crippen molar-refractivity contribution < 1.29 is 17.9 Å². The number of rotatable bonds is 6. The Kier molecular flexibility index (Phi) is 5.93. The highest BCUT2D eigenvalue weighted by Crippen LogP contribution is 2.30. The summed E-state index contributed by atoms with van der Waals surface area (Å²) in [6, 6.07) is 5.90. The Morgan fingerprint density at radius 1 is 1.39 bits per heavy atom. The van der Waals surface area contributed by atoms with Crippen molar-refractivity contribution in [3.8, 4) is 5.75 Å². The lowest BCUT2D eigenvalue weighted by atomic mass is 9.94. The van der Waals surface area contributed by atoms with E-state index in [1.807, 2.05) is 32.0 Å². The van der Waals surface area contributed by atoms with E-state index in [4.69, 9.17) is 4.74 Å². The number of hydrogen-bond donors (Lipinski definition) is 2. The Morgan fingerprint density at radius 3 is 2.93 bits per heavy atom. The molecule has 0 saturated carbocycles. The smallest absolute Gasteiger partial charge is 0.260 e. The fourth-order valence-corrected chi connectivity index (χ4v) is 3.98. The summed E-state index contributed by atoms with van der Waals surface area (Å²) in [5, 5.41) is 6.85. The zero-order valence-corrected chi connectivity index (χ0v) is 17.2. The van der Waals surface area contributed by atoms with Crippen molar-refractivity contribution in [1.29, 1.82) is 0 Å². The van der Waals surface area contributed by atoms with Crippen molar-refractivity contribution in [2.45, 2.75) is 32.6 Å². The first kappa shape index (κ1) is 20.2. The van der Waals surface area contributed by atoms with E-state index in [1.165, 1.54) is 6.20 Å². The van der Waals surface area contributed by atoms with Crippen LogP contribution < -0.4 is 9.46 Å². The van der Waals surface area contributed by atoms with E-state index in [0.717, 1.165) is 36.0 Å². The summed E-state index contributed by atoms with van der Waals surface area (Å²) in [4.78, 5) is 14.4. The molecule has 1 aliphatic rings. The summed E-state index contributed by atoms with van der Waals surface area (Å²) in [5.41, 5.74) is 3.21. The molecule has 28 heavy (non-hydrogen) atoms. The highest BCUT2D eigenvalue weighted by Gasteiger charge is 2.28. The van der Waals surface area contributed by atoms with E-state index in [9.17, 15) is 13.2 Å². The van der Waals surface area contributed by atoms with Gasteiger partial charge < -0.3 is 9.64 Å². The maximum Gasteiger partial charge on any atom is 0.260 e. The van der Waals surface area contributed by atoms with Crippen molar-refractivity contribution in [3.63, 3.8) is 0 Å². The number of hydrogen-bond acceptors (Lipinski definition) is 5. The topological polar surface area (TPSA) is 104 Å². The molecule has 0 bridgehead atoms. The Hall–Kier alpha value is -2.55. The van der Waals surface area contributed by atoms with Gasteiger partial charge in [-0.2, -0.15) is 5.10 Å². The van der Waals surface area contributed by atoms with Gasteiger partial charge in [-0.25, -0.2) is 8.42 Å². The largest absolute Gasteiger partial charge is 0.483 e. The number of amides is 1. The lowest BCUT2D eigenvalue weighted by molar-refractivity contribution is -0.134. The first-order valence-electron chi connectivity index (χ1n) is 9.22. The lowest BCUT2D eigenvalue weighted by Gasteiger charge is -2.32. The number of aromatic amines is 1. The second kappa shape index (κ2) is 8.22. The number of sulfonamides is 1. The number of carbonyl (C=O) groups is 1. The molecule has 8 nitrogen and oxygen atoms in total. The first-order valence-corrected chi connectivity index (χ1v) is 11.1. The van der Waals surface area contributed by atoms with Crippen LogP contribution in [0.15, 0.2) is 24.4 Å². The number of benzene rings is 1. The third kappa shape index (κ3) is 5.03. The predicted octanol–water partition coefficient (Wildman–Crippen LogP) is 2.18. The van der Waals surface area contributed by atoms with E-state index >= 15 is 0 Å². The molecule has 1 aliphatic heterocycles. The molecule has 2 aromatic rings. The normalized spacial score (nSPS) is 17.4. The number of ether oxygens (including phenoxy) is 1. The number of carbonyl (C=O) groups excluding carboxylic acids is 1. The number of nitrogens with one attached hydrogen (secondary N) is 2. The zero-order valence-electron chi connectivity index (χ0n) is 16.4. The second-order valence-corrected chi connectivity index (χ2v) is 9.06. The third-order valence-corrected chi connectivity index (χ3v) is 5.43. The summed E-state index contributed by atoms with van der Waals surface area (Å²) in [5.74, 6) is 0.628. The maximum atomic E-state index is 12.7. The molecule has 1 amide bonds. The van der Waals surface area contributed by atoms with E-state index in [2.05, 4.69) is 14.9 Å². The van der Waals surface area contributed by atoms with Crippen molar-refractivity contribution in [1.82, 2.24) is 15.1 Å². The van der Waals surface area contributed by atoms with E-state index in [-0.39, 0.29) is 18.4 Å². The highest BCUT2D eigenvalue weighted by atomic mass is 32.2. The van der Waals surface area contributed by atoms with Crippen LogP contribution in [0.2, 0.25) is 0 Å². The molecule has 0 aliphatic carbocycles. The van der Waals surface area contributed by atoms with Gasteiger partial charge >= 0.3 is 0 Å². The van der Waals surface area contributed by atoms with Crippen LogP contribution in [0.25, 0.3) is 0 Å². The summed E-state index contributed by atoms with van der Waals surface area (Å²) in [6.07, 6.45) is 4.24. The van der Waals surface area contributed by atoms with Gasteiger partial charge in [0, 0.05) is 19.0 Å². The SMILES string of the molecule is Cc1ccc(C)c(OCC(=O)N2CCC[C@H](c3[nH]ncc3NS(C)(=O)=O)C2)c1. The minimum absolute atomic E-state index is 0.00911. The monoisotopic (exact) mass is 406 g/mol. The number of aromatic nitrogens is 2. The Labute approximate surface area is 165 Å². The van der Waals surface area contributed by atoms with Crippen LogP contribution in [0, 0.1) is 13.8 Å². The predicted molar refractivity (Wildman–Crippen MR) is 107 cm³/mol. The summed E-state index contributed by atoms with van der Waals surface area (Å²) >= 11 is 0. The van der Waals surface area contributed by atoms with Crippen LogP contribution >= 0.6 is 0 Å². The number of anilines is 1. The molecule has 2 heterocycles. The van der Waals surface area contributed by atoms with Gasteiger partial charge in [0.2, 0.25) is 10.0 Å². The van der Waals surface area contributed by atoms with Gasteiger partial charge in [0.05, 0.1) is 23.8 Å². The fourth-order valence-electron chi connectivity index (χ4n) is 3.42. The quantitative estimate of drug-likeness (QED) is 0.765. The number of H-pyrrole nitrogens is 1. The molecule has 1 aromatic carbocycles. The minimum atomic E-state index is -3.40. The van der Waals surface area contributed by atoms with E-state index in [1.54, 1.807) is 4.90 Å². The first-order chi connectivity index (χ1) is 13.2. The number of nitrogens with zero attached hydrogens (tertiary/aromatic N) is 2. The second-order valence-electron chi connectivity index (χ2n) is 7.31. The number of likely N-dealkylation sites (tertiary alicyclic amines) is 1. The third-order valence-electron chi connectivity index (χ3n) is 4.84. The van der Waals surface area contributed by atoms with Gasteiger partial charge in [0.15, 0.2) is 6.61 Å². The van der Waals surface area contributed by atoms with Crippen LogP contribution in [-0.2, 0) is 14.8 Å². The highest BCUT2D eigenvalue weighted by molar-refractivity contribution is 7.92. The molecule has 0 unspecified atom stereocenters. The Bertz CT molecular complexity index is 955. The molecule has 1 saturated heterocycles. The van der Waals surface area contributed by atoms with Crippen molar-refractivity contribution in [3.05, 3.63) is 41.2 Å². The Balaban J connectivity index is 1.64. The lowest BCUT2D eigenvalue weighted by Crippen LogP contribution is -2.41. The van der Waals surface area contributed by atoms with E-state index < -0.39 is 10.0 Å². The summed E-state index contributed by atoms with van der Waals surface area (Å²) in [6.45, 7) is 5.07. The van der Waals surface area contributed by atoms with Crippen molar-refractivity contribution in [2.75, 3.05) is 30.7 Å². The average molecular weight is 407 g/mol. The van der Waals surface area contributed by atoms with Crippen molar-refractivity contribution in [2.24, 2.45) is 0 Å². The summed E-state index contributed by atoms with van der Waals surface area (Å²) < 4.78 is 31.3. The molecule has 9 heteroatoms. The Morgan fingerprint density at radius 2 is 2.18 bits per heavy atom. The van der Waals surface area contributed by atoms with Crippen molar-refractivity contribution >= 4 is 21.6 Å². The molecule has 1 fully saturated rings. The molecule has 152 valence electrons. The molecule has 1 atom stereocenters. The average Bonchev–Trinajstić information content (AvgIpc) is 3.08. The van der Waals surface area contributed by atoms with Crippen LogP contribution in [0.3, 0.4) is 0 Å². The molecule has 2 N–H and O–H groups in total. The van der Waals surface area contributed by atoms with Crippen LogP contribution in [0.1, 0.15) is 35.6 Å². The maximum absolute atomic E-state index is 12.7. The number of aryl methyl sites for hydroxylation is 2. The standard InChI is InChI=1S/C19H26N4O4S/c1-13-6-7-14(2)17(9-13)27-12-18(24)23-8-4-5-15(11-23)19-16(10-20-21-19)22-28(3,25)26/h6-7,9-10,15,22H,4-5,8,11-12H2,1-3H3,(H,20,21)/t15-/m0/s1. The van der Waals surface area contributed by atoms with Gasteiger partial charge in [0.1, 0.15) is 5.75 Å². The van der Waals surface area contributed by atoms with Crippen LogP contribution in [0.5, 0.6) is 5.75 Å². The van der Waals surface area contributed by atoms with Crippen LogP contribution in [0.4, 0.5) is 5.69 Å².